The Bertz CT molecular complexity index is 1100. The van der Waals surface area contributed by atoms with Gasteiger partial charge in [0.25, 0.3) is 5.56 Å². The molecule has 8 heteroatoms. The lowest BCUT2D eigenvalue weighted by atomic mass is 10.2. The summed E-state index contributed by atoms with van der Waals surface area (Å²) in [5.74, 6) is -0.473. The molecule has 30 heavy (non-hydrogen) atoms. The summed E-state index contributed by atoms with van der Waals surface area (Å²) in [5, 5.41) is 12.1. The van der Waals surface area contributed by atoms with Gasteiger partial charge in [-0.1, -0.05) is 12.8 Å². The molecule has 1 fully saturated rings. The van der Waals surface area contributed by atoms with Gasteiger partial charge < -0.3 is 10.2 Å². The Labute approximate surface area is 174 Å². The summed E-state index contributed by atoms with van der Waals surface area (Å²) in [6.45, 7) is 2.12. The van der Waals surface area contributed by atoms with E-state index in [1.54, 1.807) is 0 Å². The maximum atomic E-state index is 12.6. The molecule has 3 heterocycles. The molecule has 2 aliphatic rings. The van der Waals surface area contributed by atoms with Gasteiger partial charge in [-0.2, -0.15) is 5.26 Å². The van der Waals surface area contributed by atoms with E-state index in [0.29, 0.717) is 30.8 Å². The van der Waals surface area contributed by atoms with Crippen LogP contribution in [0.4, 0.5) is 11.4 Å². The van der Waals surface area contributed by atoms with Crippen molar-refractivity contribution in [1.29, 1.82) is 5.26 Å². The van der Waals surface area contributed by atoms with Gasteiger partial charge in [-0.05, 0) is 49.9 Å². The fourth-order valence-electron chi connectivity index (χ4n) is 4.32. The Kier molecular flexibility index (Phi) is 5.70. The zero-order chi connectivity index (χ0) is 21.1. The van der Waals surface area contributed by atoms with Crippen LogP contribution >= 0.6 is 0 Å². The van der Waals surface area contributed by atoms with Gasteiger partial charge in [0.2, 0.25) is 5.91 Å². The van der Waals surface area contributed by atoms with Crippen LogP contribution in [0.15, 0.2) is 33.9 Å². The van der Waals surface area contributed by atoms with Gasteiger partial charge >= 0.3 is 5.69 Å². The fraction of sp³-hybridized carbons (Fsp3) is 0.455. The van der Waals surface area contributed by atoms with E-state index < -0.39 is 23.7 Å². The van der Waals surface area contributed by atoms with Crippen molar-refractivity contribution in [2.75, 3.05) is 23.3 Å². The minimum absolute atomic E-state index is 0.0401. The van der Waals surface area contributed by atoms with Crippen molar-refractivity contribution in [3.05, 3.63) is 56.4 Å². The highest BCUT2D eigenvalue weighted by atomic mass is 16.2. The monoisotopic (exact) mass is 407 g/mol. The number of aromatic nitrogens is 2. The second-order valence-corrected chi connectivity index (χ2v) is 7.86. The number of hydrogen-bond acceptors (Lipinski definition) is 5. The molecule has 8 nitrogen and oxygen atoms in total. The standard InChI is InChI=1S/C22H25N5O3/c23-14-18-19-6-5-13-26(19)22(30)27(21(18)29)15-20(28)24-16-7-9-17(10-8-16)25-11-3-1-2-4-12-25/h7-10H,1-6,11-13,15H2,(H,24,28). The predicted octanol–water partition coefficient (Wildman–Crippen LogP) is 1.85. The minimum Gasteiger partial charge on any atom is -0.372 e. The summed E-state index contributed by atoms with van der Waals surface area (Å²) in [6, 6.07) is 9.51. The average Bonchev–Trinajstić information content (AvgIpc) is 3.07. The molecule has 1 N–H and O–H groups in total. The van der Waals surface area contributed by atoms with Crippen LogP contribution in [0.1, 0.15) is 43.4 Å². The Morgan fingerprint density at radius 2 is 1.70 bits per heavy atom. The Hall–Kier alpha value is -3.34. The highest BCUT2D eigenvalue weighted by Gasteiger charge is 2.23. The lowest BCUT2D eigenvalue weighted by Crippen LogP contribution is -2.44. The summed E-state index contributed by atoms with van der Waals surface area (Å²) in [6.07, 6.45) is 6.15. The summed E-state index contributed by atoms with van der Waals surface area (Å²) in [4.78, 5) is 40.0. The number of nitrogens with one attached hydrogen (secondary N) is 1. The van der Waals surface area contributed by atoms with E-state index in [1.807, 2.05) is 30.3 Å². The second-order valence-electron chi connectivity index (χ2n) is 7.86. The third-order valence-corrected chi connectivity index (χ3v) is 5.87. The number of nitrogens with zero attached hydrogens (tertiary/aromatic N) is 4. The number of nitriles is 1. The van der Waals surface area contributed by atoms with Gasteiger partial charge in [0.15, 0.2) is 0 Å². The molecule has 1 aromatic heterocycles. The molecular weight excluding hydrogens is 382 g/mol. The number of rotatable bonds is 4. The first-order valence-electron chi connectivity index (χ1n) is 10.5. The minimum atomic E-state index is -0.692. The first-order valence-corrected chi connectivity index (χ1v) is 10.5. The van der Waals surface area contributed by atoms with Gasteiger partial charge in [0, 0.05) is 36.7 Å². The maximum Gasteiger partial charge on any atom is 0.331 e. The number of fused-ring (bicyclic) bond motifs is 1. The number of carbonyl (C=O) groups is 1. The molecule has 0 radical (unpaired) electrons. The van der Waals surface area contributed by atoms with E-state index in [9.17, 15) is 19.6 Å². The predicted molar refractivity (Wildman–Crippen MR) is 114 cm³/mol. The van der Waals surface area contributed by atoms with Crippen LogP contribution in [-0.4, -0.2) is 28.1 Å². The van der Waals surface area contributed by atoms with E-state index in [4.69, 9.17) is 0 Å². The SMILES string of the molecule is N#Cc1c2n(c(=O)n(CC(=O)Nc3ccc(N4CCCCCC4)cc3)c1=O)CCC2. The van der Waals surface area contributed by atoms with E-state index in [2.05, 4.69) is 10.2 Å². The molecule has 4 rings (SSSR count). The van der Waals surface area contributed by atoms with Crippen LogP contribution in [0.5, 0.6) is 0 Å². The molecule has 0 saturated carbocycles. The molecule has 156 valence electrons. The molecule has 1 amide bonds. The summed E-state index contributed by atoms with van der Waals surface area (Å²) in [7, 11) is 0. The summed E-state index contributed by atoms with van der Waals surface area (Å²) >= 11 is 0. The van der Waals surface area contributed by atoms with E-state index in [1.165, 1.54) is 30.3 Å². The lowest BCUT2D eigenvalue weighted by molar-refractivity contribution is -0.116. The first kappa shape index (κ1) is 20.0. The van der Waals surface area contributed by atoms with E-state index in [-0.39, 0.29) is 5.56 Å². The average molecular weight is 407 g/mol. The van der Waals surface area contributed by atoms with Gasteiger partial charge in [0.05, 0.1) is 0 Å². The van der Waals surface area contributed by atoms with Gasteiger partial charge in [-0.15, -0.1) is 0 Å². The van der Waals surface area contributed by atoms with Gasteiger partial charge in [-0.25, -0.2) is 9.36 Å². The molecule has 0 atom stereocenters. The molecular formula is C22H25N5O3. The number of carbonyl (C=O) groups excluding carboxylic acids is 1. The van der Waals surface area contributed by atoms with Crippen LogP contribution in [0.25, 0.3) is 0 Å². The molecule has 2 aromatic rings. The highest BCUT2D eigenvalue weighted by Crippen LogP contribution is 2.21. The lowest BCUT2D eigenvalue weighted by Gasteiger charge is -2.22. The Balaban J connectivity index is 1.49. The largest absolute Gasteiger partial charge is 0.372 e. The molecule has 0 aliphatic carbocycles. The second kappa shape index (κ2) is 8.57. The van der Waals surface area contributed by atoms with E-state index >= 15 is 0 Å². The van der Waals surface area contributed by atoms with Crippen LogP contribution in [-0.2, 0) is 24.3 Å². The van der Waals surface area contributed by atoms with E-state index in [0.717, 1.165) is 23.3 Å². The normalized spacial score (nSPS) is 15.9. The molecule has 2 aliphatic heterocycles. The number of anilines is 2. The molecule has 1 saturated heterocycles. The van der Waals surface area contributed by atoms with Crippen molar-refractivity contribution in [2.24, 2.45) is 0 Å². The Morgan fingerprint density at radius 1 is 1.00 bits per heavy atom. The number of benzene rings is 1. The van der Waals surface area contributed by atoms with Crippen LogP contribution in [0.2, 0.25) is 0 Å². The van der Waals surface area contributed by atoms with Crippen LogP contribution in [0.3, 0.4) is 0 Å². The van der Waals surface area contributed by atoms with Crippen molar-refractivity contribution < 1.29 is 4.79 Å². The van der Waals surface area contributed by atoms with Crippen molar-refractivity contribution in [2.45, 2.75) is 51.6 Å². The molecule has 0 bridgehead atoms. The van der Waals surface area contributed by atoms with Crippen LogP contribution < -0.4 is 21.5 Å². The third-order valence-electron chi connectivity index (χ3n) is 5.87. The topological polar surface area (TPSA) is 100 Å². The van der Waals surface area contributed by atoms with Gasteiger partial charge in [-0.3, -0.25) is 14.2 Å². The number of hydrogen-bond donors (Lipinski definition) is 1. The zero-order valence-electron chi connectivity index (χ0n) is 16.9. The zero-order valence-corrected chi connectivity index (χ0v) is 16.9. The highest BCUT2D eigenvalue weighted by molar-refractivity contribution is 5.90. The summed E-state index contributed by atoms with van der Waals surface area (Å²) in [5.41, 5.74) is 0.950. The van der Waals surface area contributed by atoms with Crippen molar-refractivity contribution in [3.8, 4) is 6.07 Å². The van der Waals surface area contributed by atoms with Crippen molar-refractivity contribution in [3.63, 3.8) is 0 Å². The number of amides is 1. The quantitative estimate of drug-likeness (QED) is 0.834. The molecule has 1 aromatic carbocycles. The van der Waals surface area contributed by atoms with Crippen LogP contribution in [0, 0.1) is 11.3 Å². The smallest absolute Gasteiger partial charge is 0.331 e. The maximum absolute atomic E-state index is 12.6. The Morgan fingerprint density at radius 3 is 2.37 bits per heavy atom. The first-order chi connectivity index (χ1) is 14.6. The van der Waals surface area contributed by atoms with Gasteiger partial charge in [0.1, 0.15) is 18.2 Å². The fourth-order valence-corrected chi connectivity index (χ4v) is 4.32. The van der Waals surface area contributed by atoms with Crippen molar-refractivity contribution in [1.82, 2.24) is 9.13 Å². The summed E-state index contributed by atoms with van der Waals surface area (Å²) < 4.78 is 2.29. The molecule has 0 unspecified atom stereocenters. The molecule has 0 spiro atoms. The van der Waals surface area contributed by atoms with Crippen molar-refractivity contribution >= 4 is 17.3 Å². The third kappa shape index (κ3) is 3.88.